The van der Waals surface area contributed by atoms with Crippen molar-refractivity contribution in [3.8, 4) is 0 Å². The molecule has 1 aromatic carbocycles. The number of carbonyl (C=O) groups is 4. The molecule has 2 saturated heterocycles. The number of hydrogen-bond donors (Lipinski definition) is 1. The summed E-state index contributed by atoms with van der Waals surface area (Å²) in [6, 6.07) is 8.77. The zero-order chi connectivity index (χ0) is 22.2. The molecule has 1 aromatic rings. The van der Waals surface area contributed by atoms with Gasteiger partial charge in [0.25, 0.3) is 5.91 Å². The highest BCUT2D eigenvalue weighted by molar-refractivity contribution is 5.96. The number of likely N-dealkylation sites (tertiary alicyclic amines) is 2. The van der Waals surface area contributed by atoms with Crippen LogP contribution in [-0.2, 0) is 19.1 Å². The molecular weight excluding hydrogens is 398 g/mol. The Morgan fingerprint density at radius 2 is 1.71 bits per heavy atom. The minimum absolute atomic E-state index is 0.0758. The molecule has 2 aliphatic rings. The van der Waals surface area contributed by atoms with Crippen molar-refractivity contribution >= 4 is 23.7 Å². The van der Waals surface area contributed by atoms with Crippen LogP contribution in [0.1, 0.15) is 42.5 Å². The molecule has 8 heteroatoms. The Morgan fingerprint density at radius 3 is 2.39 bits per heavy atom. The van der Waals surface area contributed by atoms with E-state index >= 15 is 0 Å². The predicted octanol–water partition coefficient (Wildman–Crippen LogP) is 1.46. The number of rotatable bonds is 6. The van der Waals surface area contributed by atoms with Gasteiger partial charge in [0.2, 0.25) is 11.8 Å². The first kappa shape index (κ1) is 22.8. The molecule has 168 valence electrons. The molecule has 2 fully saturated rings. The summed E-state index contributed by atoms with van der Waals surface area (Å²) in [6.45, 7) is 2.19. The van der Waals surface area contributed by atoms with Gasteiger partial charge in [-0.25, -0.2) is 0 Å². The van der Waals surface area contributed by atoms with Crippen LogP contribution in [0.5, 0.6) is 0 Å². The van der Waals surface area contributed by atoms with Crippen LogP contribution >= 0.6 is 0 Å². The smallest absolute Gasteiger partial charge is 0.305 e. The van der Waals surface area contributed by atoms with E-state index in [1.807, 2.05) is 11.0 Å². The number of benzene rings is 1. The maximum Gasteiger partial charge on any atom is 0.305 e. The van der Waals surface area contributed by atoms with E-state index in [0.717, 1.165) is 25.7 Å². The third-order valence-corrected chi connectivity index (χ3v) is 6.17. The second-order valence-electron chi connectivity index (χ2n) is 8.28. The van der Waals surface area contributed by atoms with Gasteiger partial charge < -0.3 is 19.9 Å². The fourth-order valence-electron chi connectivity index (χ4n) is 4.30. The summed E-state index contributed by atoms with van der Waals surface area (Å²) in [5.74, 6) is -0.520. The van der Waals surface area contributed by atoms with Gasteiger partial charge in [-0.05, 0) is 43.7 Å². The number of methoxy groups -OCH3 is 1. The van der Waals surface area contributed by atoms with Gasteiger partial charge >= 0.3 is 5.97 Å². The van der Waals surface area contributed by atoms with E-state index in [9.17, 15) is 19.2 Å². The second kappa shape index (κ2) is 10.9. The second-order valence-corrected chi connectivity index (χ2v) is 8.28. The maximum atomic E-state index is 13.0. The summed E-state index contributed by atoms with van der Waals surface area (Å²) in [6.07, 6.45) is 3.52. The first-order valence-electron chi connectivity index (χ1n) is 10.9. The van der Waals surface area contributed by atoms with Gasteiger partial charge in [0, 0.05) is 38.2 Å². The number of nitrogens with one attached hydrogen (secondary N) is 1. The Hall–Kier alpha value is -2.90. The summed E-state index contributed by atoms with van der Waals surface area (Å²) in [5.41, 5.74) is 0.512. The molecule has 3 rings (SSSR count). The zero-order valence-electron chi connectivity index (χ0n) is 18.0. The fraction of sp³-hybridized carbons (Fsp3) is 0.565. The molecule has 0 aromatic heterocycles. The molecule has 0 spiro atoms. The van der Waals surface area contributed by atoms with Crippen molar-refractivity contribution in [2.24, 2.45) is 11.8 Å². The highest BCUT2D eigenvalue weighted by atomic mass is 16.5. The van der Waals surface area contributed by atoms with Gasteiger partial charge in [-0.15, -0.1) is 0 Å². The summed E-state index contributed by atoms with van der Waals surface area (Å²) in [5, 5.41) is 2.67. The van der Waals surface area contributed by atoms with Crippen LogP contribution < -0.4 is 5.32 Å². The SMILES string of the molecule is COC(=O)CC1CCN(C(=O)[C@H]2CCCN(C(=O)CNC(=O)c3ccccc3)C2)CC1. The van der Waals surface area contributed by atoms with Gasteiger partial charge in [-0.2, -0.15) is 0 Å². The first-order chi connectivity index (χ1) is 15.0. The molecule has 2 aliphatic heterocycles. The average Bonchev–Trinajstić information content (AvgIpc) is 2.82. The Bertz CT molecular complexity index is 790. The molecule has 31 heavy (non-hydrogen) atoms. The van der Waals surface area contributed by atoms with Crippen molar-refractivity contribution < 1.29 is 23.9 Å². The zero-order valence-corrected chi connectivity index (χ0v) is 18.0. The monoisotopic (exact) mass is 429 g/mol. The molecule has 0 unspecified atom stereocenters. The van der Waals surface area contributed by atoms with Crippen LogP contribution in [-0.4, -0.2) is 73.3 Å². The van der Waals surface area contributed by atoms with Gasteiger partial charge in [-0.3, -0.25) is 19.2 Å². The number of carbonyl (C=O) groups excluding carboxylic acids is 4. The standard InChI is InChI=1S/C23H31N3O5/c1-31-21(28)14-17-9-12-25(13-10-17)23(30)19-8-5-11-26(16-19)20(27)15-24-22(29)18-6-3-2-4-7-18/h2-4,6-7,17,19H,5,8-16H2,1H3,(H,24,29)/t19-/m0/s1. The molecule has 2 heterocycles. The lowest BCUT2D eigenvalue weighted by Crippen LogP contribution is -2.50. The molecule has 0 saturated carbocycles. The van der Waals surface area contributed by atoms with E-state index in [4.69, 9.17) is 4.74 Å². The van der Waals surface area contributed by atoms with Crippen molar-refractivity contribution in [3.05, 3.63) is 35.9 Å². The third kappa shape index (κ3) is 6.29. The van der Waals surface area contributed by atoms with E-state index in [0.29, 0.717) is 38.2 Å². The van der Waals surface area contributed by atoms with Crippen molar-refractivity contribution in [2.45, 2.75) is 32.1 Å². The molecule has 1 N–H and O–H groups in total. The topological polar surface area (TPSA) is 96.0 Å². The third-order valence-electron chi connectivity index (χ3n) is 6.17. The highest BCUT2D eigenvalue weighted by Gasteiger charge is 2.33. The summed E-state index contributed by atoms with van der Waals surface area (Å²) < 4.78 is 4.73. The number of amides is 3. The Kier molecular flexibility index (Phi) is 8.03. The molecule has 0 radical (unpaired) electrons. The molecular formula is C23H31N3O5. The molecule has 0 aliphatic carbocycles. The minimum atomic E-state index is -0.284. The quantitative estimate of drug-likeness (QED) is 0.691. The van der Waals surface area contributed by atoms with E-state index < -0.39 is 0 Å². The summed E-state index contributed by atoms with van der Waals surface area (Å²) in [7, 11) is 1.39. The lowest BCUT2D eigenvalue weighted by molar-refractivity contribution is -0.143. The normalized spacial score (nSPS) is 19.6. The van der Waals surface area contributed by atoms with E-state index in [1.54, 1.807) is 29.2 Å². The van der Waals surface area contributed by atoms with Crippen molar-refractivity contribution in [2.75, 3.05) is 39.8 Å². The lowest BCUT2D eigenvalue weighted by atomic mass is 9.91. The van der Waals surface area contributed by atoms with E-state index in [-0.39, 0.29) is 42.1 Å². The Balaban J connectivity index is 1.45. The minimum Gasteiger partial charge on any atom is -0.469 e. The number of piperidine rings is 2. The van der Waals surface area contributed by atoms with Crippen LogP contribution in [0.25, 0.3) is 0 Å². The Morgan fingerprint density at radius 1 is 1.00 bits per heavy atom. The van der Waals surface area contributed by atoms with Crippen LogP contribution in [0.15, 0.2) is 30.3 Å². The predicted molar refractivity (Wildman–Crippen MR) is 114 cm³/mol. The van der Waals surface area contributed by atoms with Gasteiger partial charge in [0.15, 0.2) is 0 Å². The number of nitrogens with zero attached hydrogens (tertiary/aromatic N) is 2. The molecule has 3 amide bonds. The summed E-state index contributed by atoms with van der Waals surface area (Å²) in [4.78, 5) is 52.7. The number of hydrogen-bond acceptors (Lipinski definition) is 5. The molecule has 8 nitrogen and oxygen atoms in total. The lowest BCUT2D eigenvalue weighted by Gasteiger charge is -2.37. The number of ether oxygens (including phenoxy) is 1. The number of esters is 1. The van der Waals surface area contributed by atoms with E-state index in [2.05, 4.69) is 5.32 Å². The van der Waals surface area contributed by atoms with Gasteiger partial charge in [0.05, 0.1) is 19.6 Å². The molecule has 0 bridgehead atoms. The van der Waals surface area contributed by atoms with Crippen molar-refractivity contribution in [3.63, 3.8) is 0 Å². The van der Waals surface area contributed by atoms with Crippen LogP contribution in [0.2, 0.25) is 0 Å². The molecule has 1 atom stereocenters. The largest absolute Gasteiger partial charge is 0.469 e. The van der Waals surface area contributed by atoms with Crippen molar-refractivity contribution in [1.82, 2.24) is 15.1 Å². The van der Waals surface area contributed by atoms with Gasteiger partial charge in [-0.1, -0.05) is 18.2 Å². The van der Waals surface area contributed by atoms with E-state index in [1.165, 1.54) is 7.11 Å². The van der Waals surface area contributed by atoms with Crippen LogP contribution in [0.3, 0.4) is 0 Å². The highest BCUT2D eigenvalue weighted by Crippen LogP contribution is 2.25. The van der Waals surface area contributed by atoms with Crippen LogP contribution in [0, 0.1) is 11.8 Å². The average molecular weight is 430 g/mol. The maximum absolute atomic E-state index is 13.0. The fourth-order valence-corrected chi connectivity index (χ4v) is 4.30. The first-order valence-corrected chi connectivity index (χ1v) is 10.9. The van der Waals surface area contributed by atoms with Crippen molar-refractivity contribution in [1.29, 1.82) is 0 Å². The Labute approximate surface area is 182 Å². The van der Waals surface area contributed by atoms with Crippen LogP contribution in [0.4, 0.5) is 0 Å². The summed E-state index contributed by atoms with van der Waals surface area (Å²) >= 11 is 0. The van der Waals surface area contributed by atoms with Gasteiger partial charge in [0.1, 0.15) is 0 Å².